The molecule has 1 saturated heterocycles. The average Bonchev–Trinajstić information content (AvgIpc) is 3.20. The van der Waals surface area contributed by atoms with Crippen molar-refractivity contribution in [1.82, 2.24) is 4.90 Å². The van der Waals surface area contributed by atoms with Crippen molar-refractivity contribution in [3.05, 3.63) is 65.2 Å². The van der Waals surface area contributed by atoms with Crippen molar-refractivity contribution in [2.75, 3.05) is 38.8 Å². The number of rotatable bonds is 6. The number of ether oxygens (including phenoxy) is 2. The summed E-state index contributed by atoms with van der Waals surface area (Å²) in [7, 11) is 2.99. The van der Waals surface area contributed by atoms with Gasteiger partial charge in [0.15, 0.2) is 5.54 Å². The van der Waals surface area contributed by atoms with E-state index in [9.17, 15) is 19.5 Å². The van der Waals surface area contributed by atoms with Crippen LogP contribution in [0.5, 0.6) is 5.75 Å². The summed E-state index contributed by atoms with van der Waals surface area (Å²) in [4.78, 5) is 43.1. The Kier molecular flexibility index (Phi) is 5.48. The number of para-hydroxylation sites is 1. The molecule has 2 amide bonds. The first-order chi connectivity index (χ1) is 15.4. The maximum atomic E-state index is 13.9. The lowest BCUT2D eigenvalue weighted by molar-refractivity contribution is -0.144. The molecule has 2 aliphatic heterocycles. The first-order valence-corrected chi connectivity index (χ1v) is 10.3. The molecular formula is C24H24N2O6. The third-order valence-corrected chi connectivity index (χ3v) is 6.01. The van der Waals surface area contributed by atoms with Gasteiger partial charge in [-0.25, -0.2) is 0 Å². The summed E-state index contributed by atoms with van der Waals surface area (Å²) in [6, 6.07) is 13.4. The molecule has 0 radical (unpaired) electrons. The Labute approximate surface area is 185 Å². The molecule has 1 N–H and O–H groups in total. The predicted molar refractivity (Wildman–Crippen MR) is 117 cm³/mol. The molecule has 1 atom stereocenters. The highest BCUT2D eigenvalue weighted by Gasteiger charge is 2.66. The van der Waals surface area contributed by atoms with Crippen LogP contribution in [0.2, 0.25) is 0 Å². The number of carbonyl (C=O) groups excluding carboxylic acids is 3. The molecule has 4 rings (SSSR count). The second-order valence-electron chi connectivity index (χ2n) is 7.51. The third kappa shape index (κ3) is 2.83. The van der Waals surface area contributed by atoms with Crippen molar-refractivity contribution in [2.45, 2.75) is 12.5 Å². The number of aliphatic hydroxyl groups excluding tert-OH is 1. The topological polar surface area (TPSA) is 96.4 Å². The SMILES string of the molecule is CCN1C(=O)[C@]2(C(=C(O)c3ccc(OC)cc3)C(=O)C(=O)N2CCOC)c2ccccc21. The molecule has 0 saturated carbocycles. The fourth-order valence-corrected chi connectivity index (χ4v) is 4.56. The molecule has 1 spiro atoms. The Balaban J connectivity index is 2.03. The molecule has 2 heterocycles. The number of likely N-dealkylation sites (N-methyl/N-ethyl adjacent to an activating group) is 1. The second kappa shape index (κ2) is 8.12. The molecule has 0 aromatic heterocycles. The number of nitrogens with zero attached hydrogens (tertiary/aromatic N) is 2. The molecule has 8 heteroatoms. The van der Waals surface area contributed by atoms with Gasteiger partial charge in [0.25, 0.3) is 17.6 Å². The summed E-state index contributed by atoms with van der Waals surface area (Å²) in [6.07, 6.45) is 0. The Bertz CT molecular complexity index is 1120. The number of fused-ring (bicyclic) bond motifs is 2. The summed E-state index contributed by atoms with van der Waals surface area (Å²) < 4.78 is 10.3. The highest BCUT2D eigenvalue weighted by atomic mass is 16.5. The van der Waals surface area contributed by atoms with Crippen molar-refractivity contribution in [3.63, 3.8) is 0 Å². The van der Waals surface area contributed by atoms with E-state index in [4.69, 9.17) is 9.47 Å². The van der Waals surface area contributed by atoms with Gasteiger partial charge < -0.3 is 24.4 Å². The lowest BCUT2D eigenvalue weighted by atomic mass is 9.82. The van der Waals surface area contributed by atoms with E-state index in [-0.39, 0.29) is 18.7 Å². The number of hydrogen-bond acceptors (Lipinski definition) is 6. The summed E-state index contributed by atoms with van der Waals surface area (Å²) in [6.45, 7) is 2.30. The molecule has 2 aliphatic rings. The highest BCUT2D eigenvalue weighted by Crippen LogP contribution is 2.53. The lowest BCUT2D eigenvalue weighted by Gasteiger charge is -2.34. The minimum Gasteiger partial charge on any atom is -0.507 e. The van der Waals surface area contributed by atoms with Crippen LogP contribution in [0.4, 0.5) is 5.69 Å². The van der Waals surface area contributed by atoms with Gasteiger partial charge in [-0.15, -0.1) is 0 Å². The molecule has 0 unspecified atom stereocenters. The molecule has 166 valence electrons. The molecular weight excluding hydrogens is 412 g/mol. The number of Topliss-reactive ketones (excluding diaryl/α,β-unsaturated/α-hetero) is 1. The number of aliphatic hydroxyl groups is 1. The van der Waals surface area contributed by atoms with E-state index >= 15 is 0 Å². The highest BCUT2D eigenvalue weighted by molar-refractivity contribution is 6.50. The van der Waals surface area contributed by atoms with Crippen LogP contribution in [-0.4, -0.2) is 61.5 Å². The van der Waals surface area contributed by atoms with Gasteiger partial charge in [0.2, 0.25) is 0 Å². The molecule has 2 aromatic carbocycles. The predicted octanol–water partition coefficient (Wildman–Crippen LogP) is 2.28. The summed E-state index contributed by atoms with van der Waals surface area (Å²) in [5.74, 6) is -2.05. The van der Waals surface area contributed by atoms with E-state index in [1.807, 2.05) is 6.92 Å². The number of amides is 2. The fraction of sp³-hybridized carbons (Fsp3) is 0.292. The van der Waals surface area contributed by atoms with E-state index in [0.717, 1.165) is 0 Å². The lowest BCUT2D eigenvalue weighted by Crippen LogP contribution is -2.52. The maximum Gasteiger partial charge on any atom is 0.296 e. The first kappa shape index (κ1) is 21.6. The zero-order chi connectivity index (χ0) is 23.0. The first-order valence-electron chi connectivity index (χ1n) is 10.3. The number of likely N-dealkylation sites (tertiary alicyclic amines) is 1. The summed E-state index contributed by atoms with van der Waals surface area (Å²) in [5.41, 5.74) is -0.613. The van der Waals surface area contributed by atoms with E-state index in [1.54, 1.807) is 48.5 Å². The molecule has 8 nitrogen and oxygen atoms in total. The van der Waals surface area contributed by atoms with Crippen LogP contribution >= 0.6 is 0 Å². The van der Waals surface area contributed by atoms with Crippen molar-refractivity contribution < 1.29 is 29.0 Å². The molecule has 2 aromatic rings. The molecule has 32 heavy (non-hydrogen) atoms. The smallest absolute Gasteiger partial charge is 0.296 e. The van der Waals surface area contributed by atoms with Crippen molar-refractivity contribution in [3.8, 4) is 5.75 Å². The van der Waals surface area contributed by atoms with Gasteiger partial charge in [-0.2, -0.15) is 0 Å². The van der Waals surface area contributed by atoms with E-state index in [2.05, 4.69) is 0 Å². The summed E-state index contributed by atoms with van der Waals surface area (Å²) >= 11 is 0. The number of methoxy groups -OCH3 is 2. The van der Waals surface area contributed by atoms with Gasteiger partial charge in [0.1, 0.15) is 11.5 Å². The van der Waals surface area contributed by atoms with Crippen LogP contribution in [0, 0.1) is 0 Å². The van der Waals surface area contributed by atoms with Gasteiger partial charge in [0.05, 0.1) is 25.0 Å². The largest absolute Gasteiger partial charge is 0.507 e. The van der Waals surface area contributed by atoms with Crippen LogP contribution in [-0.2, 0) is 24.7 Å². The Morgan fingerprint density at radius 1 is 1.03 bits per heavy atom. The zero-order valence-electron chi connectivity index (χ0n) is 18.1. The van der Waals surface area contributed by atoms with Crippen LogP contribution in [0.25, 0.3) is 5.76 Å². The van der Waals surface area contributed by atoms with Crippen molar-refractivity contribution >= 4 is 29.0 Å². The number of hydrogen-bond donors (Lipinski definition) is 1. The second-order valence-corrected chi connectivity index (χ2v) is 7.51. The van der Waals surface area contributed by atoms with Gasteiger partial charge in [0, 0.05) is 31.3 Å². The summed E-state index contributed by atoms with van der Waals surface area (Å²) in [5, 5.41) is 11.3. The number of ketones is 1. The number of anilines is 1. The van der Waals surface area contributed by atoms with Crippen molar-refractivity contribution in [2.24, 2.45) is 0 Å². The van der Waals surface area contributed by atoms with Gasteiger partial charge in [-0.1, -0.05) is 18.2 Å². The molecule has 0 aliphatic carbocycles. The van der Waals surface area contributed by atoms with E-state index < -0.39 is 28.9 Å². The van der Waals surface area contributed by atoms with Gasteiger partial charge in [-0.05, 0) is 37.3 Å². The Morgan fingerprint density at radius 3 is 2.34 bits per heavy atom. The van der Waals surface area contributed by atoms with Gasteiger partial charge >= 0.3 is 0 Å². The zero-order valence-corrected chi connectivity index (χ0v) is 18.1. The average molecular weight is 436 g/mol. The Hall–Kier alpha value is -3.65. The fourth-order valence-electron chi connectivity index (χ4n) is 4.56. The maximum absolute atomic E-state index is 13.9. The minimum absolute atomic E-state index is 0.0120. The monoisotopic (exact) mass is 436 g/mol. The molecule has 1 fully saturated rings. The standard InChI is InChI=1S/C24H24N2O6/c1-4-25-18-8-6-5-7-17(18)24(23(25)30)19(21(28)22(29)26(24)13-14-31-2)20(27)15-9-11-16(32-3)12-10-15/h5-12,27H,4,13-14H2,1-3H3/t24-/m1/s1. The van der Waals surface area contributed by atoms with Crippen LogP contribution < -0.4 is 9.64 Å². The van der Waals surface area contributed by atoms with Crippen LogP contribution in [0.1, 0.15) is 18.1 Å². The molecule has 0 bridgehead atoms. The van der Waals surface area contributed by atoms with Crippen LogP contribution in [0.3, 0.4) is 0 Å². The van der Waals surface area contributed by atoms with E-state index in [0.29, 0.717) is 29.1 Å². The quantitative estimate of drug-likeness (QED) is 0.424. The third-order valence-electron chi connectivity index (χ3n) is 6.01. The normalized spacial score (nSPS) is 21.5. The van der Waals surface area contributed by atoms with Crippen LogP contribution in [0.15, 0.2) is 54.1 Å². The Morgan fingerprint density at radius 2 is 1.72 bits per heavy atom. The number of carbonyl (C=O) groups is 3. The number of benzene rings is 2. The van der Waals surface area contributed by atoms with E-state index in [1.165, 1.54) is 24.0 Å². The minimum atomic E-state index is -1.76. The van der Waals surface area contributed by atoms with Gasteiger partial charge in [-0.3, -0.25) is 14.4 Å². The van der Waals surface area contributed by atoms with Crippen molar-refractivity contribution in [1.29, 1.82) is 0 Å².